The number of ketones is 1. The van der Waals surface area contributed by atoms with Gasteiger partial charge in [0.2, 0.25) is 0 Å². The van der Waals surface area contributed by atoms with Gasteiger partial charge in [0.1, 0.15) is 5.78 Å². The highest BCUT2D eigenvalue weighted by atomic mass is 19.1. The first-order valence-corrected chi connectivity index (χ1v) is 3.23. The summed E-state index contributed by atoms with van der Waals surface area (Å²) in [6, 6.07) is 0. The zero-order valence-electron chi connectivity index (χ0n) is 6.60. The molecule has 0 aromatic rings. The van der Waals surface area contributed by atoms with Gasteiger partial charge in [0.15, 0.2) is 0 Å². The van der Waals surface area contributed by atoms with Crippen LogP contribution in [0.4, 0.5) is 4.39 Å². The fourth-order valence-corrected chi connectivity index (χ4v) is 0.525. The monoisotopic (exact) mass is 158 g/mol. The first-order valence-electron chi connectivity index (χ1n) is 3.23. The van der Waals surface area contributed by atoms with Crippen molar-refractivity contribution in [1.82, 2.24) is 0 Å². The van der Waals surface area contributed by atoms with Crippen molar-refractivity contribution in [3.8, 4) is 0 Å². The summed E-state index contributed by atoms with van der Waals surface area (Å²) in [5.74, 6) is -0.668. The molecule has 0 radical (unpaired) electrons. The van der Waals surface area contributed by atoms with Crippen LogP contribution in [0.3, 0.4) is 0 Å². The Kier molecular flexibility index (Phi) is 4.18. The molecule has 0 atom stereocenters. The van der Waals surface area contributed by atoms with E-state index in [4.69, 9.17) is 5.11 Å². The maximum absolute atomic E-state index is 12.0. The Morgan fingerprint density at radius 2 is 2.00 bits per heavy atom. The number of allylic oxidation sites excluding steroid dienone is 4. The molecular formula is C8H11FO2. The molecule has 0 aromatic carbocycles. The molecule has 0 heterocycles. The molecule has 0 aromatic heterocycles. The zero-order chi connectivity index (χ0) is 8.85. The molecule has 0 bridgehead atoms. The van der Waals surface area contributed by atoms with E-state index in [-0.39, 0.29) is 18.0 Å². The summed E-state index contributed by atoms with van der Waals surface area (Å²) >= 11 is 0. The van der Waals surface area contributed by atoms with Crippen LogP contribution in [0, 0.1) is 0 Å². The molecule has 1 N–H and O–H groups in total. The summed E-state index contributed by atoms with van der Waals surface area (Å²) in [6.07, 6.45) is 2.25. The van der Waals surface area contributed by atoms with E-state index in [0.717, 1.165) is 6.08 Å². The Morgan fingerprint density at radius 3 is 2.36 bits per heavy atom. The minimum atomic E-state index is -0.403. The van der Waals surface area contributed by atoms with Crippen molar-refractivity contribution in [1.29, 1.82) is 0 Å². The van der Waals surface area contributed by atoms with Gasteiger partial charge < -0.3 is 5.11 Å². The van der Waals surface area contributed by atoms with E-state index in [2.05, 4.69) is 0 Å². The second kappa shape index (κ2) is 4.66. The quantitative estimate of drug-likeness (QED) is 0.505. The number of Topliss-reactive ketones (excluding diaryl/α,β-unsaturated/α-hetero) is 1. The van der Waals surface area contributed by atoms with Gasteiger partial charge in [0.05, 0.1) is 18.0 Å². The summed E-state index contributed by atoms with van der Waals surface area (Å²) < 4.78 is 12.0. The van der Waals surface area contributed by atoms with Gasteiger partial charge >= 0.3 is 0 Å². The average Bonchev–Trinajstić information content (AvgIpc) is 1.82. The van der Waals surface area contributed by atoms with Gasteiger partial charge in [-0.05, 0) is 26.0 Å². The number of hydrogen-bond donors (Lipinski definition) is 1. The zero-order valence-corrected chi connectivity index (χ0v) is 6.60. The predicted octanol–water partition coefficient (Wildman–Crippen LogP) is 2.28. The van der Waals surface area contributed by atoms with Crippen molar-refractivity contribution in [3.63, 3.8) is 0 Å². The fourth-order valence-electron chi connectivity index (χ4n) is 0.525. The molecule has 11 heavy (non-hydrogen) atoms. The summed E-state index contributed by atoms with van der Waals surface area (Å²) in [5.41, 5.74) is 0. The van der Waals surface area contributed by atoms with E-state index in [0.29, 0.717) is 0 Å². The average molecular weight is 158 g/mol. The van der Waals surface area contributed by atoms with Crippen molar-refractivity contribution in [2.24, 2.45) is 0 Å². The number of carbonyl (C=O) groups excluding carboxylic acids is 1. The lowest BCUT2D eigenvalue weighted by molar-refractivity contribution is -0.116. The Balaban J connectivity index is 4.02. The Bertz CT molecular complexity index is 200. The van der Waals surface area contributed by atoms with Crippen molar-refractivity contribution in [2.75, 3.05) is 0 Å². The number of halogens is 1. The number of carbonyl (C=O) groups is 1. The van der Waals surface area contributed by atoms with Crippen LogP contribution >= 0.6 is 0 Å². The number of aliphatic hydroxyl groups is 1. The van der Waals surface area contributed by atoms with Gasteiger partial charge in [0.25, 0.3) is 0 Å². The second-order valence-electron chi connectivity index (χ2n) is 2.29. The number of aliphatic hydroxyl groups excluding tert-OH is 1. The van der Waals surface area contributed by atoms with Gasteiger partial charge in [-0.15, -0.1) is 0 Å². The molecule has 0 fully saturated rings. The van der Waals surface area contributed by atoms with Crippen LogP contribution in [0.15, 0.2) is 23.7 Å². The maximum atomic E-state index is 12.0. The Labute approximate surface area is 65.0 Å². The van der Waals surface area contributed by atoms with E-state index in [1.807, 2.05) is 0 Å². The molecule has 0 saturated carbocycles. The highest BCUT2D eigenvalue weighted by Crippen LogP contribution is 2.00. The van der Waals surface area contributed by atoms with Gasteiger partial charge in [0, 0.05) is 0 Å². The topological polar surface area (TPSA) is 37.3 Å². The lowest BCUT2D eigenvalue weighted by atomic mass is 10.2. The minimum Gasteiger partial charge on any atom is -0.512 e. The standard InChI is InChI=1S/C8H11FO2/c1-6(9)3-4-8(11)5-7(2)10/h3-4,11H,5H2,1-2H3/b6-3+,8-4+. The molecule has 62 valence electrons. The van der Waals surface area contributed by atoms with E-state index < -0.39 is 5.83 Å². The molecule has 0 spiro atoms. The molecule has 3 heteroatoms. The third-order valence-electron chi connectivity index (χ3n) is 0.935. The van der Waals surface area contributed by atoms with Gasteiger partial charge in [-0.3, -0.25) is 4.79 Å². The molecule has 2 nitrogen and oxygen atoms in total. The van der Waals surface area contributed by atoms with Crippen LogP contribution in [0.2, 0.25) is 0 Å². The van der Waals surface area contributed by atoms with Crippen LogP contribution in [0.25, 0.3) is 0 Å². The maximum Gasteiger partial charge on any atom is 0.137 e. The second-order valence-corrected chi connectivity index (χ2v) is 2.29. The molecule has 0 rings (SSSR count). The minimum absolute atomic E-state index is 0.0379. The largest absolute Gasteiger partial charge is 0.512 e. The van der Waals surface area contributed by atoms with E-state index in [1.165, 1.54) is 19.9 Å². The Hall–Kier alpha value is -1.12. The van der Waals surface area contributed by atoms with Crippen molar-refractivity contribution >= 4 is 5.78 Å². The smallest absolute Gasteiger partial charge is 0.137 e. The number of rotatable bonds is 3. The SMILES string of the molecule is CC(=O)C/C(O)=C\C=C(/C)F. The molecule has 0 aliphatic carbocycles. The molecule has 0 aliphatic heterocycles. The normalized spacial score (nSPS) is 13.4. The lowest BCUT2D eigenvalue weighted by Gasteiger charge is -1.91. The van der Waals surface area contributed by atoms with Gasteiger partial charge in [-0.25, -0.2) is 4.39 Å². The Morgan fingerprint density at radius 1 is 1.45 bits per heavy atom. The van der Waals surface area contributed by atoms with E-state index in [9.17, 15) is 9.18 Å². The molecule has 0 amide bonds. The van der Waals surface area contributed by atoms with Gasteiger partial charge in [-0.1, -0.05) is 0 Å². The first kappa shape index (κ1) is 9.88. The number of hydrogen-bond acceptors (Lipinski definition) is 2. The van der Waals surface area contributed by atoms with Crippen LogP contribution in [0.5, 0.6) is 0 Å². The third-order valence-corrected chi connectivity index (χ3v) is 0.935. The third kappa shape index (κ3) is 6.77. The van der Waals surface area contributed by atoms with Crippen LogP contribution in [0.1, 0.15) is 20.3 Å². The fraction of sp³-hybridized carbons (Fsp3) is 0.375. The lowest BCUT2D eigenvalue weighted by Crippen LogP contribution is -1.91. The highest BCUT2D eigenvalue weighted by molar-refractivity contribution is 5.77. The van der Waals surface area contributed by atoms with Crippen LogP contribution in [-0.4, -0.2) is 10.9 Å². The molecule has 0 aliphatic rings. The molecular weight excluding hydrogens is 147 g/mol. The predicted molar refractivity (Wildman–Crippen MR) is 40.9 cm³/mol. The molecule has 0 unspecified atom stereocenters. The van der Waals surface area contributed by atoms with Crippen molar-refractivity contribution in [3.05, 3.63) is 23.7 Å². The van der Waals surface area contributed by atoms with Crippen LogP contribution in [-0.2, 0) is 4.79 Å². The van der Waals surface area contributed by atoms with Gasteiger partial charge in [-0.2, -0.15) is 0 Å². The first-order chi connectivity index (χ1) is 5.02. The summed E-state index contributed by atoms with van der Waals surface area (Å²) in [7, 11) is 0. The summed E-state index contributed by atoms with van der Waals surface area (Å²) in [5, 5.41) is 8.90. The van der Waals surface area contributed by atoms with E-state index >= 15 is 0 Å². The van der Waals surface area contributed by atoms with Crippen molar-refractivity contribution in [2.45, 2.75) is 20.3 Å². The summed E-state index contributed by atoms with van der Waals surface area (Å²) in [6.45, 7) is 2.62. The highest BCUT2D eigenvalue weighted by Gasteiger charge is 1.95. The summed E-state index contributed by atoms with van der Waals surface area (Å²) in [4.78, 5) is 10.4. The van der Waals surface area contributed by atoms with Crippen LogP contribution < -0.4 is 0 Å². The van der Waals surface area contributed by atoms with E-state index in [1.54, 1.807) is 0 Å². The molecule has 0 saturated heterocycles. The van der Waals surface area contributed by atoms with Crippen molar-refractivity contribution < 1.29 is 14.3 Å².